The van der Waals surface area contributed by atoms with Gasteiger partial charge in [-0.05, 0) is 19.0 Å². The van der Waals surface area contributed by atoms with Crippen LogP contribution in [0.5, 0.6) is 0 Å². The van der Waals surface area contributed by atoms with Gasteiger partial charge in [-0.1, -0.05) is 19.9 Å². The molecule has 3 N–H and O–H groups in total. The summed E-state index contributed by atoms with van der Waals surface area (Å²) in [5.41, 5.74) is 3.85. The highest BCUT2D eigenvalue weighted by molar-refractivity contribution is 8.00. The molecule has 1 aliphatic rings. The summed E-state index contributed by atoms with van der Waals surface area (Å²) in [6.07, 6.45) is 2.99. The molecule has 0 radical (unpaired) electrons. The van der Waals surface area contributed by atoms with Crippen molar-refractivity contribution < 1.29 is 0 Å². The van der Waals surface area contributed by atoms with Crippen molar-refractivity contribution in [1.82, 2.24) is 9.88 Å². The maximum atomic E-state index is 5.49. The van der Waals surface area contributed by atoms with Crippen molar-refractivity contribution in [3.63, 3.8) is 0 Å². The molecule has 1 fully saturated rings. The van der Waals surface area contributed by atoms with Crippen LogP contribution < -0.4 is 11.3 Å². The highest BCUT2D eigenvalue weighted by Crippen LogP contribution is 2.31. The van der Waals surface area contributed by atoms with Gasteiger partial charge in [0.25, 0.3) is 0 Å². The smallest absolute Gasteiger partial charge is 0.144 e. The molecule has 0 bridgehead atoms. The molecule has 1 aromatic rings. The van der Waals surface area contributed by atoms with Crippen LogP contribution in [0.3, 0.4) is 0 Å². The number of hydrogen-bond acceptors (Lipinski definition) is 5. The predicted octanol–water partition coefficient (Wildman–Crippen LogP) is 2.08. The largest absolute Gasteiger partial charge is 0.308 e. The van der Waals surface area contributed by atoms with E-state index in [-0.39, 0.29) is 0 Å². The van der Waals surface area contributed by atoms with Gasteiger partial charge in [-0.15, -0.1) is 0 Å². The molecule has 2 heterocycles. The predicted molar refractivity (Wildman–Crippen MR) is 78.5 cm³/mol. The molecule has 0 saturated carbocycles. The average Bonchev–Trinajstić information content (AvgIpc) is 2.52. The molecule has 5 heteroatoms. The third-order valence-corrected chi connectivity index (χ3v) is 4.72. The molecule has 1 aliphatic heterocycles. The Hall–Kier alpha value is -0.780. The number of pyridine rings is 1. The number of thioether (sulfide) groups is 1. The van der Waals surface area contributed by atoms with Crippen LogP contribution in [0.4, 0.5) is 5.82 Å². The molecule has 0 aliphatic carbocycles. The van der Waals surface area contributed by atoms with Crippen molar-refractivity contribution in [2.45, 2.75) is 31.6 Å². The number of aromatic nitrogens is 1. The van der Waals surface area contributed by atoms with Crippen molar-refractivity contribution in [2.24, 2.45) is 5.84 Å². The van der Waals surface area contributed by atoms with Gasteiger partial charge in [-0.2, -0.15) is 11.8 Å². The SMILES string of the molecule is CC1(C)CCN(Cc2cccnc2NN)CCS1. The first-order valence-electron chi connectivity index (χ1n) is 6.37. The summed E-state index contributed by atoms with van der Waals surface area (Å²) in [6, 6.07) is 4.05. The lowest BCUT2D eigenvalue weighted by atomic mass is 10.1. The molecule has 0 aromatic carbocycles. The molecule has 0 spiro atoms. The maximum absolute atomic E-state index is 5.49. The second kappa shape index (κ2) is 5.91. The summed E-state index contributed by atoms with van der Waals surface area (Å²) in [6.45, 7) is 7.85. The summed E-state index contributed by atoms with van der Waals surface area (Å²) < 4.78 is 0.401. The summed E-state index contributed by atoms with van der Waals surface area (Å²) >= 11 is 2.07. The summed E-state index contributed by atoms with van der Waals surface area (Å²) in [5, 5.41) is 0. The van der Waals surface area contributed by atoms with Gasteiger partial charge in [0.1, 0.15) is 5.82 Å². The Labute approximate surface area is 113 Å². The van der Waals surface area contributed by atoms with Crippen LogP contribution in [0.25, 0.3) is 0 Å². The third kappa shape index (κ3) is 3.60. The molecule has 0 atom stereocenters. The van der Waals surface area contributed by atoms with Crippen LogP contribution in [0.1, 0.15) is 25.8 Å². The van der Waals surface area contributed by atoms with E-state index in [4.69, 9.17) is 5.84 Å². The van der Waals surface area contributed by atoms with Crippen LogP contribution in [0, 0.1) is 0 Å². The summed E-state index contributed by atoms with van der Waals surface area (Å²) in [7, 11) is 0. The van der Waals surface area contributed by atoms with E-state index in [0.717, 1.165) is 25.5 Å². The highest BCUT2D eigenvalue weighted by Gasteiger charge is 2.23. The Kier molecular flexibility index (Phi) is 4.48. The van der Waals surface area contributed by atoms with Gasteiger partial charge in [-0.3, -0.25) is 4.90 Å². The lowest BCUT2D eigenvalue weighted by molar-refractivity contribution is 0.276. The Bertz CT molecular complexity index is 394. The highest BCUT2D eigenvalue weighted by atomic mass is 32.2. The summed E-state index contributed by atoms with van der Waals surface area (Å²) in [4.78, 5) is 6.73. The first kappa shape index (κ1) is 13.6. The first-order chi connectivity index (χ1) is 8.61. The fraction of sp³-hybridized carbons (Fsp3) is 0.615. The fourth-order valence-electron chi connectivity index (χ4n) is 2.16. The number of anilines is 1. The standard InChI is InChI=1S/C13H22N4S/c1-13(2)5-7-17(8-9-18-13)10-11-4-3-6-15-12(11)16-14/h3-4,6H,5,7-10,14H2,1-2H3,(H,15,16). The molecule has 4 nitrogen and oxygen atoms in total. The molecular weight excluding hydrogens is 244 g/mol. The van der Waals surface area contributed by atoms with Crippen LogP contribution >= 0.6 is 11.8 Å². The third-order valence-electron chi connectivity index (χ3n) is 3.35. The number of hydrogen-bond donors (Lipinski definition) is 2. The normalized spacial score (nSPS) is 20.4. The van der Waals surface area contributed by atoms with Gasteiger partial charge >= 0.3 is 0 Å². The van der Waals surface area contributed by atoms with E-state index in [1.54, 1.807) is 6.20 Å². The van der Waals surface area contributed by atoms with E-state index >= 15 is 0 Å². The fourth-order valence-corrected chi connectivity index (χ4v) is 3.30. The average molecular weight is 266 g/mol. The van der Waals surface area contributed by atoms with Crippen molar-refractivity contribution in [2.75, 3.05) is 24.3 Å². The molecular formula is C13H22N4S. The van der Waals surface area contributed by atoms with E-state index in [1.165, 1.54) is 17.7 Å². The zero-order valence-electron chi connectivity index (χ0n) is 11.1. The lowest BCUT2D eigenvalue weighted by Crippen LogP contribution is -2.27. The number of rotatable bonds is 3. The van der Waals surface area contributed by atoms with Crippen molar-refractivity contribution in [1.29, 1.82) is 0 Å². The number of hydrazine groups is 1. The van der Waals surface area contributed by atoms with Crippen molar-refractivity contribution in [3.05, 3.63) is 23.9 Å². The van der Waals surface area contributed by atoms with Gasteiger partial charge in [0.05, 0.1) is 0 Å². The summed E-state index contributed by atoms with van der Waals surface area (Å²) in [5.74, 6) is 7.47. The Morgan fingerprint density at radius 2 is 2.33 bits per heavy atom. The topological polar surface area (TPSA) is 54.2 Å². The number of nitrogens with one attached hydrogen (secondary N) is 1. The quantitative estimate of drug-likeness (QED) is 0.648. The molecule has 1 saturated heterocycles. The minimum atomic E-state index is 0.401. The van der Waals surface area contributed by atoms with Gasteiger partial charge in [0.2, 0.25) is 0 Å². The van der Waals surface area contributed by atoms with E-state index in [0.29, 0.717) is 4.75 Å². The van der Waals surface area contributed by atoms with Gasteiger partial charge in [0.15, 0.2) is 0 Å². The van der Waals surface area contributed by atoms with E-state index in [2.05, 4.69) is 47.0 Å². The minimum Gasteiger partial charge on any atom is -0.308 e. The first-order valence-corrected chi connectivity index (χ1v) is 7.36. The van der Waals surface area contributed by atoms with E-state index in [1.807, 2.05) is 6.07 Å². The Balaban J connectivity index is 2.01. The number of nitrogen functional groups attached to an aromatic ring is 1. The Morgan fingerprint density at radius 1 is 1.50 bits per heavy atom. The monoisotopic (exact) mass is 266 g/mol. The molecule has 0 unspecified atom stereocenters. The van der Waals surface area contributed by atoms with Gasteiger partial charge in [-0.25, -0.2) is 10.8 Å². The molecule has 2 rings (SSSR count). The molecule has 1 aromatic heterocycles. The second-order valence-electron chi connectivity index (χ2n) is 5.29. The van der Waals surface area contributed by atoms with Crippen LogP contribution in [-0.4, -0.2) is 33.5 Å². The molecule has 18 heavy (non-hydrogen) atoms. The minimum absolute atomic E-state index is 0.401. The van der Waals surface area contributed by atoms with Crippen molar-refractivity contribution in [3.8, 4) is 0 Å². The molecule has 100 valence electrons. The molecule has 0 amide bonds. The number of nitrogens with two attached hydrogens (primary N) is 1. The zero-order valence-corrected chi connectivity index (χ0v) is 12.0. The van der Waals surface area contributed by atoms with Crippen molar-refractivity contribution >= 4 is 17.6 Å². The second-order valence-corrected chi connectivity index (χ2v) is 7.09. The Morgan fingerprint density at radius 3 is 3.11 bits per heavy atom. The van der Waals surface area contributed by atoms with Gasteiger partial charge < -0.3 is 5.43 Å². The van der Waals surface area contributed by atoms with Crippen LogP contribution in [-0.2, 0) is 6.54 Å². The van der Waals surface area contributed by atoms with E-state index < -0.39 is 0 Å². The van der Waals surface area contributed by atoms with Crippen LogP contribution in [0.15, 0.2) is 18.3 Å². The number of nitrogens with zero attached hydrogens (tertiary/aromatic N) is 2. The van der Waals surface area contributed by atoms with E-state index in [9.17, 15) is 0 Å². The van der Waals surface area contributed by atoms with Gasteiger partial charge in [0, 0.05) is 35.3 Å². The lowest BCUT2D eigenvalue weighted by Gasteiger charge is -2.23. The van der Waals surface area contributed by atoms with Crippen LogP contribution in [0.2, 0.25) is 0 Å². The zero-order chi connectivity index (χ0) is 13.0. The maximum Gasteiger partial charge on any atom is 0.144 e.